The summed E-state index contributed by atoms with van der Waals surface area (Å²) in [4.78, 5) is 11.0. The van der Waals surface area contributed by atoms with E-state index in [1.54, 1.807) is 7.05 Å². The number of carbonyl (C=O) groups is 1. The first kappa shape index (κ1) is 14.5. The Morgan fingerprint density at radius 3 is 2.28 bits per heavy atom. The molecule has 0 fully saturated rings. The van der Waals surface area contributed by atoms with Gasteiger partial charge in [0.05, 0.1) is 0 Å². The lowest BCUT2D eigenvalue weighted by Crippen LogP contribution is -2.36. The van der Waals surface area contributed by atoms with Crippen molar-refractivity contribution < 1.29 is 14.6 Å². The maximum atomic E-state index is 11.0. The Hall–Kier alpha value is -1.55. The molecule has 0 aromatic heterocycles. The Morgan fingerprint density at radius 1 is 1.33 bits per heavy atom. The lowest BCUT2D eigenvalue weighted by Gasteiger charge is -2.20. The van der Waals surface area contributed by atoms with Crippen molar-refractivity contribution in [1.82, 2.24) is 5.32 Å². The molecule has 4 heteroatoms. The first-order chi connectivity index (χ1) is 8.34. The summed E-state index contributed by atoms with van der Waals surface area (Å²) < 4.78 is 5.42. The fraction of sp³-hybridized carbons (Fsp3) is 0.500. The van der Waals surface area contributed by atoms with E-state index in [2.05, 4.69) is 26.1 Å². The van der Waals surface area contributed by atoms with Crippen LogP contribution in [0.2, 0.25) is 0 Å². The zero-order chi connectivity index (χ0) is 13.8. The van der Waals surface area contributed by atoms with Gasteiger partial charge in [0.15, 0.2) is 0 Å². The molecule has 1 aromatic carbocycles. The van der Waals surface area contributed by atoms with Gasteiger partial charge in [-0.3, -0.25) is 0 Å². The highest BCUT2D eigenvalue weighted by molar-refractivity contribution is 5.73. The molecule has 0 spiro atoms. The predicted molar refractivity (Wildman–Crippen MR) is 71.1 cm³/mol. The molecule has 0 aliphatic rings. The van der Waals surface area contributed by atoms with Crippen molar-refractivity contribution in [1.29, 1.82) is 0 Å². The number of benzene rings is 1. The monoisotopic (exact) mass is 251 g/mol. The standard InChI is InChI=1S/C14H21NO3/c1-14(2,3)10-5-7-11(8-6-10)18-12(9-15-4)13(16)17/h5-8,12,15H,9H2,1-4H3,(H,16,17). The van der Waals surface area contributed by atoms with Crippen LogP contribution in [0.5, 0.6) is 5.75 Å². The van der Waals surface area contributed by atoms with Gasteiger partial charge in [0.2, 0.25) is 6.10 Å². The normalized spacial score (nSPS) is 13.1. The smallest absolute Gasteiger partial charge is 0.346 e. The molecule has 1 aromatic rings. The van der Waals surface area contributed by atoms with Crippen LogP contribution in [0, 0.1) is 0 Å². The topological polar surface area (TPSA) is 58.6 Å². The minimum Gasteiger partial charge on any atom is -0.478 e. The minimum atomic E-state index is -0.968. The van der Waals surface area contributed by atoms with Crippen LogP contribution in [0.3, 0.4) is 0 Å². The number of aliphatic carboxylic acids is 1. The van der Waals surface area contributed by atoms with Gasteiger partial charge in [0.25, 0.3) is 0 Å². The predicted octanol–water partition coefficient (Wildman–Crippen LogP) is 2.04. The molecular formula is C14H21NO3. The summed E-state index contributed by atoms with van der Waals surface area (Å²) in [5.74, 6) is -0.394. The molecule has 0 amide bonds. The molecule has 1 unspecified atom stereocenters. The molecule has 0 aliphatic carbocycles. The molecule has 1 rings (SSSR count). The van der Waals surface area contributed by atoms with Gasteiger partial charge in [-0.15, -0.1) is 0 Å². The van der Waals surface area contributed by atoms with E-state index in [1.807, 2.05) is 24.3 Å². The van der Waals surface area contributed by atoms with Gasteiger partial charge in [0, 0.05) is 6.54 Å². The van der Waals surface area contributed by atoms with E-state index in [4.69, 9.17) is 9.84 Å². The summed E-state index contributed by atoms with van der Waals surface area (Å²) in [7, 11) is 1.70. The molecule has 0 saturated carbocycles. The maximum absolute atomic E-state index is 11.0. The fourth-order valence-corrected chi connectivity index (χ4v) is 1.56. The summed E-state index contributed by atoms with van der Waals surface area (Å²) in [6.45, 7) is 6.66. The van der Waals surface area contributed by atoms with Crippen LogP contribution in [-0.4, -0.2) is 30.8 Å². The third-order valence-electron chi connectivity index (χ3n) is 2.66. The largest absolute Gasteiger partial charge is 0.478 e. The molecule has 0 heterocycles. The van der Waals surface area contributed by atoms with Crippen LogP contribution in [0.25, 0.3) is 0 Å². The Balaban J connectivity index is 2.76. The Morgan fingerprint density at radius 2 is 1.89 bits per heavy atom. The van der Waals surface area contributed by atoms with Crippen molar-refractivity contribution in [3.63, 3.8) is 0 Å². The first-order valence-corrected chi connectivity index (χ1v) is 5.99. The van der Waals surface area contributed by atoms with Gasteiger partial charge in [-0.25, -0.2) is 4.79 Å². The van der Waals surface area contributed by atoms with Gasteiger partial charge in [0.1, 0.15) is 5.75 Å². The number of hydrogen-bond acceptors (Lipinski definition) is 3. The fourth-order valence-electron chi connectivity index (χ4n) is 1.56. The highest BCUT2D eigenvalue weighted by Crippen LogP contribution is 2.24. The van der Waals surface area contributed by atoms with E-state index >= 15 is 0 Å². The van der Waals surface area contributed by atoms with E-state index in [1.165, 1.54) is 5.56 Å². The number of hydrogen-bond donors (Lipinski definition) is 2. The second-order valence-electron chi connectivity index (χ2n) is 5.28. The highest BCUT2D eigenvalue weighted by atomic mass is 16.5. The molecule has 0 bridgehead atoms. The van der Waals surface area contributed by atoms with Crippen molar-refractivity contribution in [2.24, 2.45) is 0 Å². The van der Waals surface area contributed by atoms with Gasteiger partial charge in [-0.05, 0) is 30.2 Å². The van der Waals surface area contributed by atoms with E-state index < -0.39 is 12.1 Å². The van der Waals surface area contributed by atoms with Crippen molar-refractivity contribution in [3.05, 3.63) is 29.8 Å². The van der Waals surface area contributed by atoms with Gasteiger partial charge in [-0.1, -0.05) is 32.9 Å². The SMILES string of the molecule is CNCC(Oc1ccc(C(C)(C)C)cc1)C(=O)O. The summed E-state index contributed by atoms with van der Waals surface area (Å²) >= 11 is 0. The molecule has 18 heavy (non-hydrogen) atoms. The Labute approximate surface area is 108 Å². The van der Waals surface area contributed by atoms with Crippen LogP contribution in [-0.2, 0) is 10.2 Å². The van der Waals surface area contributed by atoms with Crippen molar-refractivity contribution in [2.45, 2.75) is 32.3 Å². The highest BCUT2D eigenvalue weighted by Gasteiger charge is 2.19. The number of nitrogens with one attached hydrogen (secondary N) is 1. The van der Waals surface area contributed by atoms with E-state index in [-0.39, 0.29) is 12.0 Å². The van der Waals surface area contributed by atoms with Gasteiger partial charge >= 0.3 is 5.97 Å². The van der Waals surface area contributed by atoms with Gasteiger partial charge < -0.3 is 15.2 Å². The Kier molecular flexibility index (Phi) is 4.73. The van der Waals surface area contributed by atoms with Crippen LogP contribution in [0.15, 0.2) is 24.3 Å². The average molecular weight is 251 g/mol. The van der Waals surface area contributed by atoms with Crippen LogP contribution in [0.1, 0.15) is 26.3 Å². The summed E-state index contributed by atoms with van der Waals surface area (Å²) in [6, 6.07) is 7.56. The second kappa shape index (κ2) is 5.87. The molecule has 2 N–H and O–H groups in total. The van der Waals surface area contributed by atoms with Gasteiger partial charge in [-0.2, -0.15) is 0 Å². The number of carboxylic acids is 1. The molecule has 4 nitrogen and oxygen atoms in total. The second-order valence-corrected chi connectivity index (χ2v) is 5.28. The third kappa shape index (κ3) is 4.04. The summed E-state index contributed by atoms with van der Waals surface area (Å²) in [5, 5.41) is 11.8. The van der Waals surface area contributed by atoms with E-state index in [0.29, 0.717) is 5.75 Å². The van der Waals surface area contributed by atoms with Crippen LogP contribution in [0.4, 0.5) is 0 Å². The lowest BCUT2D eigenvalue weighted by molar-refractivity contribution is -0.144. The van der Waals surface area contributed by atoms with Crippen molar-refractivity contribution >= 4 is 5.97 Å². The maximum Gasteiger partial charge on any atom is 0.346 e. The average Bonchev–Trinajstić information content (AvgIpc) is 2.28. The van der Waals surface area contributed by atoms with Crippen molar-refractivity contribution in [2.75, 3.05) is 13.6 Å². The quantitative estimate of drug-likeness (QED) is 0.840. The number of ether oxygens (including phenoxy) is 1. The molecule has 1 atom stereocenters. The van der Waals surface area contributed by atoms with Crippen LogP contribution >= 0.6 is 0 Å². The first-order valence-electron chi connectivity index (χ1n) is 5.99. The molecule has 100 valence electrons. The zero-order valence-corrected chi connectivity index (χ0v) is 11.4. The number of rotatable bonds is 5. The molecule has 0 aliphatic heterocycles. The molecule has 0 saturated heterocycles. The number of likely N-dealkylation sites (N-methyl/N-ethyl adjacent to an activating group) is 1. The van der Waals surface area contributed by atoms with Crippen molar-refractivity contribution in [3.8, 4) is 5.75 Å². The zero-order valence-electron chi connectivity index (χ0n) is 11.4. The number of carboxylic acid groups (broad SMARTS) is 1. The summed E-state index contributed by atoms with van der Waals surface area (Å²) in [6.07, 6.45) is -0.865. The van der Waals surface area contributed by atoms with E-state index in [0.717, 1.165) is 0 Å². The Bertz CT molecular complexity index is 392. The molecule has 0 radical (unpaired) electrons. The minimum absolute atomic E-state index is 0.0791. The van der Waals surface area contributed by atoms with Crippen LogP contribution < -0.4 is 10.1 Å². The summed E-state index contributed by atoms with van der Waals surface area (Å²) in [5.41, 5.74) is 1.27. The third-order valence-corrected chi connectivity index (χ3v) is 2.66. The van der Waals surface area contributed by atoms with E-state index in [9.17, 15) is 4.79 Å². The lowest BCUT2D eigenvalue weighted by atomic mass is 9.87. The molecular weight excluding hydrogens is 230 g/mol.